The minimum atomic E-state index is -0.410. The number of anilines is 4. The number of fused-ring (bicyclic) bond motifs is 2. The summed E-state index contributed by atoms with van der Waals surface area (Å²) in [5.74, 6) is 0.151. The fourth-order valence-corrected chi connectivity index (χ4v) is 3.16. The van der Waals surface area contributed by atoms with E-state index in [2.05, 4.69) is 25.6 Å². The van der Waals surface area contributed by atoms with Crippen LogP contribution in [-0.4, -0.2) is 15.0 Å². The molecule has 3 aromatic heterocycles. The highest BCUT2D eigenvalue weighted by molar-refractivity contribution is 5.85. The van der Waals surface area contributed by atoms with Gasteiger partial charge in [-0.25, -0.2) is 9.37 Å². The van der Waals surface area contributed by atoms with E-state index in [9.17, 15) is 4.39 Å². The Bertz CT molecular complexity index is 1250. The zero-order valence-corrected chi connectivity index (χ0v) is 14.3. The lowest BCUT2D eigenvalue weighted by Gasteiger charge is -2.11. The summed E-state index contributed by atoms with van der Waals surface area (Å²) in [5, 5.41) is 8.59. The largest absolute Gasteiger partial charge is 0.361 e. The number of nitrogens with one attached hydrogen (secondary N) is 4. The van der Waals surface area contributed by atoms with Crippen molar-refractivity contribution in [1.29, 1.82) is 0 Å². The van der Waals surface area contributed by atoms with E-state index in [1.54, 1.807) is 6.07 Å². The van der Waals surface area contributed by atoms with E-state index in [-0.39, 0.29) is 0 Å². The number of pyridine rings is 1. The van der Waals surface area contributed by atoms with Gasteiger partial charge in [0.25, 0.3) is 0 Å². The third-order valence-electron chi connectivity index (χ3n) is 4.52. The number of aromatic amines is 2. The van der Waals surface area contributed by atoms with Gasteiger partial charge in [-0.3, -0.25) is 0 Å². The molecule has 5 nitrogen and oxygen atoms in total. The maximum absolute atomic E-state index is 14.2. The second-order valence-corrected chi connectivity index (χ2v) is 6.36. The Hall–Kier alpha value is -3.80. The smallest absolute Gasteiger partial charge is 0.165 e. The molecule has 0 fully saturated rings. The molecule has 0 atom stereocenters. The Morgan fingerprint density at radius 2 is 1.37 bits per heavy atom. The first kappa shape index (κ1) is 15.5. The number of nitrogens with zero attached hydrogens (tertiary/aromatic N) is 1. The van der Waals surface area contributed by atoms with Gasteiger partial charge in [0, 0.05) is 40.9 Å². The highest BCUT2D eigenvalue weighted by Gasteiger charge is 2.07. The summed E-state index contributed by atoms with van der Waals surface area (Å²) in [6.45, 7) is 0. The molecular formula is C21H16FN5. The first-order valence-electron chi connectivity index (χ1n) is 8.58. The van der Waals surface area contributed by atoms with Crippen molar-refractivity contribution < 1.29 is 4.39 Å². The Labute approximate surface area is 154 Å². The molecule has 6 heteroatoms. The fourth-order valence-electron chi connectivity index (χ4n) is 3.16. The summed E-state index contributed by atoms with van der Waals surface area (Å²) in [4.78, 5) is 10.5. The molecule has 0 amide bonds. The van der Waals surface area contributed by atoms with Gasteiger partial charge in [-0.15, -0.1) is 0 Å². The van der Waals surface area contributed by atoms with Crippen molar-refractivity contribution in [2.75, 3.05) is 10.6 Å². The standard InChI is InChI=1S/C21H16FN5/c22-17-12-25-21(27-16-4-2-14-6-8-24-19(14)10-16)11-20(17)26-15-3-1-13-5-7-23-18(13)9-15/h1-12,23-24H,(H2,25,26,27). The molecule has 2 aromatic carbocycles. The zero-order valence-electron chi connectivity index (χ0n) is 14.3. The number of H-pyrrole nitrogens is 2. The Balaban J connectivity index is 1.42. The summed E-state index contributed by atoms with van der Waals surface area (Å²) in [6.07, 6.45) is 4.99. The first-order chi connectivity index (χ1) is 13.2. The Kier molecular flexibility index (Phi) is 3.53. The van der Waals surface area contributed by atoms with Crippen molar-refractivity contribution in [2.45, 2.75) is 0 Å². The predicted octanol–water partition coefficient (Wildman–Crippen LogP) is 5.67. The fraction of sp³-hybridized carbons (Fsp3) is 0. The van der Waals surface area contributed by atoms with Crippen LogP contribution in [0, 0.1) is 5.82 Å². The van der Waals surface area contributed by atoms with E-state index in [1.165, 1.54) is 6.20 Å². The van der Waals surface area contributed by atoms with Crippen molar-refractivity contribution in [2.24, 2.45) is 0 Å². The predicted molar refractivity (Wildman–Crippen MR) is 107 cm³/mol. The molecule has 4 N–H and O–H groups in total. The average molecular weight is 357 g/mol. The van der Waals surface area contributed by atoms with Gasteiger partial charge < -0.3 is 20.6 Å². The van der Waals surface area contributed by atoms with E-state index < -0.39 is 5.82 Å². The van der Waals surface area contributed by atoms with Crippen LogP contribution in [0.1, 0.15) is 0 Å². The third-order valence-corrected chi connectivity index (χ3v) is 4.52. The maximum Gasteiger partial charge on any atom is 0.165 e. The quantitative estimate of drug-likeness (QED) is 0.335. The van der Waals surface area contributed by atoms with E-state index in [0.717, 1.165) is 33.2 Å². The molecule has 27 heavy (non-hydrogen) atoms. The Morgan fingerprint density at radius 3 is 2.04 bits per heavy atom. The second-order valence-electron chi connectivity index (χ2n) is 6.36. The molecular weight excluding hydrogens is 341 g/mol. The van der Waals surface area contributed by atoms with Gasteiger partial charge in [-0.2, -0.15) is 0 Å². The van der Waals surface area contributed by atoms with Gasteiger partial charge in [-0.1, -0.05) is 12.1 Å². The van der Waals surface area contributed by atoms with Crippen LogP contribution < -0.4 is 10.6 Å². The van der Waals surface area contributed by atoms with Gasteiger partial charge >= 0.3 is 0 Å². The summed E-state index contributed by atoms with van der Waals surface area (Å²) >= 11 is 0. The van der Waals surface area contributed by atoms with E-state index in [4.69, 9.17) is 0 Å². The SMILES string of the molecule is Fc1cnc(Nc2ccc3cc[nH]c3c2)cc1Nc1ccc2cc[nH]c2c1. The summed E-state index contributed by atoms with van der Waals surface area (Å²) in [5.41, 5.74) is 4.06. The van der Waals surface area contributed by atoms with Crippen LogP contribution in [0.15, 0.2) is 73.2 Å². The lowest BCUT2D eigenvalue weighted by atomic mass is 10.2. The molecule has 0 aliphatic heterocycles. The van der Waals surface area contributed by atoms with Crippen molar-refractivity contribution in [3.63, 3.8) is 0 Å². The van der Waals surface area contributed by atoms with Crippen molar-refractivity contribution in [3.8, 4) is 0 Å². The molecule has 132 valence electrons. The normalized spacial score (nSPS) is 11.1. The number of hydrogen-bond donors (Lipinski definition) is 4. The van der Waals surface area contributed by atoms with Crippen LogP contribution in [0.3, 0.4) is 0 Å². The molecule has 0 saturated heterocycles. The number of hydrogen-bond acceptors (Lipinski definition) is 3. The maximum atomic E-state index is 14.2. The molecule has 5 rings (SSSR count). The van der Waals surface area contributed by atoms with Crippen LogP contribution >= 0.6 is 0 Å². The van der Waals surface area contributed by atoms with E-state index in [1.807, 2.05) is 60.9 Å². The number of aromatic nitrogens is 3. The van der Waals surface area contributed by atoms with E-state index >= 15 is 0 Å². The molecule has 0 aliphatic rings. The molecule has 0 aliphatic carbocycles. The van der Waals surface area contributed by atoms with Gasteiger partial charge in [0.1, 0.15) is 5.82 Å². The Morgan fingerprint density at radius 1 is 0.741 bits per heavy atom. The molecule has 5 aromatic rings. The van der Waals surface area contributed by atoms with E-state index in [0.29, 0.717) is 11.5 Å². The average Bonchev–Trinajstić information content (AvgIpc) is 3.32. The first-order valence-corrected chi connectivity index (χ1v) is 8.58. The monoisotopic (exact) mass is 357 g/mol. The molecule has 3 heterocycles. The minimum Gasteiger partial charge on any atom is -0.361 e. The zero-order chi connectivity index (χ0) is 18.2. The summed E-state index contributed by atoms with van der Waals surface area (Å²) in [7, 11) is 0. The number of rotatable bonds is 4. The lowest BCUT2D eigenvalue weighted by molar-refractivity contribution is 0.626. The van der Waals surface area contributed by atoms with Gasteiger partial charge in [0.05, 0.1) is 11.9 Å². The van der Waals surface area contributed by atoms with Crippen molar-refractivity contribution >= 4 is 44.7 Å². The molecule has 0 radical (unpaired) electrons. The summed E-state index contributed by atoms with van der Waals surface area (Å²) < 4.78 is 14.2. The molecule has 0 saturated carbocycles. The second kappa shape index (κ2) is 6.17. The van der Waals surface area contributed by atoms with Gasteiger partial charge in [0.15, 0.2) is 5.82 Å². The van der Waals surface area contributed by atoms with Crippen molar-refractivity contribution in [1.82, 2.24) is 15.0 Å². The van der Waals surface area contributed by atoms with Crippen LogP contribution in [-0.2, 0) is 0 Å². The topological polar surface area (TPSA) is 68.5 Å². The van der Waals surface area contributed by atoms with Crippen molar-refractivity contribution in [3.05, 3.63) is 79.0 Å². The van der Waals surface area contributed by atoms with Gasteiger partial charge in [-0.05, 0) is 47.2 Å². The highest BCUT2D eigenvalue weighted by atomic mass is 19.1. The van der Waals surface area contributed by atoms with Crippen LogP contribution in [0.5, 0.6) is 0 Å². The van der Waals surface area contributed by atoms with Crippen LogP contribution in [0.25, 0.3) is 21.8 Å². The molecule has 0 spiro atoms. The third kappa shape index (κ3) is 2.97. The highest BCUT2D eigenvalue weighted by Crippen LogP contribution is 2.26. The molecule has 0 unspecified atom stereocenters. The minimum absolute atomic E-state index is 0.361. The van der Waals surface area contributed by atoms with Gasteiger partial charge in [0.2, 0.25) is 0 Å². The number of benzene rings is 2. The summed E-state index contributed by atoms with van der Waals surface area (Å²) in [6, 6.07) is 17.5. The van der Waals surface area contributed by atoms with Crippen LogP contribution in [0.2, 0.25) is 0 Å². The van der Waals surface area contributed by atoms with Crippen LogP contribution in [0.4, 0.5) is 27.3 Å². The number of halogens is 1. The lowest BCUT2D eigenvalue weighted by Crippen LogP contribution is -1.99. The molecule has 0 bridgehead atoms.